The van der Waals surface area contributed by atoms with Gasteiger partial charge in [-0.2, -0.15) is 5.11 Å². The predicted octanol–water partition coefficient (Wildman–Crippen LogP) is 5.64. The molecule has 0 bridgehead atoms. The third-order valence-electron chi connectivity index (χ3n) is 3.49. The largest absolute Gasteiger partial charge is 0.508 e. The fourth-order valence-corrected chi connectivity index (χ4v) is 2.19. The van der Waals surface area contributed by atoms with E-state index in [2.05, 4.69) is 29.3 Å². The third-order valence-corrected chi connectivity index (χ3v) is 3.49. The highest BCUT2D eigenvalue weighted by atomic mass is 16.3. The Bertz CT molecular complexity index is 621. The molecule has 0 aliphatic heterocycles. The second kappa shape index (κ2) is 8.17. The van der Waals surface area contributed by atoms with E-state index in [4.69, 9.17) is 0 Å². The molecule has 0 saturated heterocycles. The number of phenols is 2. The number of phenolic OH excluding ortho intramolecular Hbond substituents is 2. The number of aryl methyl sites for hydroxylation is 1. The van der Waals surface area contributed by atoms with Crippen molar-refractivity contribution >= 4 is 11.4 Å². The van der Waals surface area contributed by atoms with Gasteiger partial charge in [-0.3, -0.25) is 0 Å². The SMILES string of the molecule is CCCCCCc1ccc(N=Nc2ccc(O)cc2O)cc1. The summed E-state index contributed by atoms with van der Waals surface area (Å²) >= 11 is 0. The first-order chi connectivity index (χ1) is 10.7. The molecule has 0 atom stereocenters. The minimum absolute atomic E-state index is 0.00359. The quantitative estimate of drug-likeness (QED) is 0.513. The van der Waals surface area contributed by atoms with Gasteiger partial charge in [0.05, 0.1) is 5.69 Å². The Labute approximate surface area is 131 Å². The van der Waals surface area contributed by atoms with E-state index in [0.29, 0.717) is 5.69 Å². The Morgan fingerprint density at radius 1 is 0.864 bits per heavy atom. The fraction of sp³-hybridized carbons (Fsp3) is 0.333. The van der Waals surface area contributed by atoms with Crippen LogP contribution < -0.4 is 0 Å². The molecule has 0 heterocycles. The minimum Gasteiger partial charge on any atom is -0.508 e. The van der Waals surface area contributed by atoms with Gasteiger partial charge in [0, 0.05) is 6.07 Å². The Balaban J connectivity index is 1.94. The summed E-state index contributed by atoms with van der Waals surface area (Å²) in [5.74, 6) is -0.0832. The molecular weight excluding hydrogens is 276 g/mol. The maximum Gasteiger partial charge on any atom is 0.146 e. The minimum atomic E-state index is -0.0868. The van der Waals surface area contributed by atoms with Crippen molar-refractivity contribution in [2.45, 2.75) is 39.0 Å². The Kier molecular flexibility index (Phi) is 5.95. The molecule has 0 fully saturated rings. The van der Waals surface area contributed by atoms with Crippen LogP contribution in [-0.2, 0) is 6.42 Å². The first-order valence-electron chi connectivity index (χ1n) is 7.71. The highest BCUT2D eigenvalue weighted by molar-refractivity contribution is 5.53. The molecule has 0 aromatic heterocycles. The van der Waals surface area contributed by atoms with Crippen LogP contribution in [0.25, 0.3) is 0 Å². The number of benzene rings is 2. The van der Waals surface area contributed by atoms with Crippen LogP contribution in [0, 0.1) is 0 Å². The Morgan fingerprint density at radius 3 is 2.32 bits per heavy atom. The van der Waals surface area contributed by atoms with Gasteiger partial charge in [-0.25, -0.2) is 0 Å². The molecule has 0 saturated carbocycles. The van der Waals surface area contributed by atoms with Crippen molar-refractivity contribution in [3.63, 3.8) is 0 Å². The van der Waals surface area contributed by atoms with E-state index in [1.165, 1.54) is 49.4 Å². The lowest BCUT2D eigenvalue weighted by Gasteiger charge is -2.02. The van der Waals surface area contributed by atoms with Gasteiger partial charge >= 0.3 is 0 Å². The summed E-state index contributed by atoms with van der Waals surface area (Å²) in [6.45, 7) is 2.21. The molecule has 4 nitrogen and oxygen atoms in total. The maximum absolute atomic E-state index is 9.64. The zero-order valence-electron chi connectivity index (χ0n) is 12.9. The second-order valence-electron chi connectivity index (χ2n) is 5.35. The van der Waals surface area contributed by atoms with Crippen molar-refractivity contribution in [3.05, 3.63) is 48.0 Å². The first kappa shape index (κ1) is 16.0. The summed E-state index contributed by atoms with van der Waals surface area (Å²) < 4.78 is 0. The van der Waals surface area contributed by atoms with Crippen LogP contribution in [0.15, 0.2) is 52.7 Å². The van der Waals surface area contributed by atoms with Crippen LogP contribution in [0.4, 0.5) is 11.4 Å². The molecule has 0 radical (unpaired) electrons. The fourth-order valence-electron chi connectivity index (χ4n) is 2.19. The smallest absolute Gasteiger partial charge is 0.146 e. The van der Waals surface area contributed by atoms with Crippen LogP contribution in [0.3, 0.4) is 0 Å². The lowest BCUT2D eigenvalue weighted by atomic mass is 10.1. The summed E-state index contributed by atoms with van der Waals surface area (Å²) in [6, 6.07) is 12.2. The number of rotatable bonds is 7. The number of aromatic hydroxyl groups is 2. The average molecular weight is 298 g/mol. The molecule has 2 aromatic carbocycles. The van der Waals surface area contributed by atoms with Crippen molar-refractivity contribution in [1.82, 2.24) is 0 Å². The molecule has 0 amide bonds. The van der Waals surface area contributed by atoms with Gasteiger partial charge in [-0.1, -0.05) is 38.3 Å². The molecule has 0 spiro atoms. The lowest BCUT2D eigenvalue weighted by Crippen LogP contribution is -1.84. The summed E-state index contributed by atoms with van der Waals surface area (Å²) in [4.78, 5) is 0. The van der Waals surface area contributed by atoms with E-state index in [0.717, 1.165) is 12.1 Å². The van der Waals surface area contributed by atoms with E-state index in [1.807, 2.05) is 12.1 Å². The van der Waals surface area contributed by atoms with Crippen LogP contribution in [-0.4, -0.2) is 10.2 Å². The number of azo groups is 1. The molecule has 0 aliphatic rings. The molecule has 0 unspecified atom stereocenters. The summed E-state index contributed by atoms with van der Waals surface area (Å²) in [5, 5.41) is 27.0. The number of hydrogen-bond acceptors (Lipinski definition) is 4. The molecule has 2 rings (SSSR count). The highest BCUT2D eigenvalue weighted by Gasteiger charge is 2.01. The molecular formula is C18H22N2O2. The summed E-state index contributed by atoms with van der Waals surface area (Å²) in [5.41, 5.74) is 2.38. The van der Waals surface area contributed by atoms with Gasteiger partial charge in [0.15, 0.2) is 0 Å². The number of unbranched alkanes of at least 4 members (excludes halogenated alkanes) is 3. The van der Waals surface area contributed by atoms with Crippen LogP contribution >= 0.6 is 0 Å². The number of hydrogen-bond donors (Lipinski definition) is 2. The monoisotopic (exact) mass is 298 g/mol. The average Bonchev–Trinajstić information content (AvgIpc) is 2.52. The van der Waals surface area contributed by atoms with Gasteiger partial charge in [0.25, 0.3) is 0 Å². The molecule has 22 heavy (non-hydrogen) atoms. The normalized spacial score (nSPS) is 11.1. The Morgan fingerprint density at radius 2 is 1.64 bits per heavy atom. The maximum atomic E-state index is 9.64. The van der Waals surface area contributed by atoms with E-state index >= 15 is 0 Å². The standard InChI is InChI=1S/C18H22N2O2/c1-2-3-4-5-6-14-7-9-15(10-8-14)19-20-17-12-11-16(21)13-18(17)22/h7-13,21-22H,2-6H2,1H3. The molecule has 2 aromatic rings. The van der Waals surface area contributed by atoms with Gasteiger partial charge in [-0.15, -0.1) is 5.11 Å². The first-order valence-corrected chi connectivity index (χ1v) is 7.71. The van der Waals surface area contributed by atoms with Crippen molar-refractivity contribution in [1.29, 1.82) is 0 Å². The topological polar surface area (TPSA) is 65.2 Å². The van der Waals surface area contributed by atoms with Crippen molar-refractivity contribution in [2.75, 3.05) is 0 Å². The summed E-state index contributed by atoms with van der Waals surface area (Å²) in [6.07, 6.45) is 6.14. The zero-order chi connectivity index (χ0) is 15.8. The zero-order valence-corrected chi connectivity index (χ0v) is 12.9. The highest BCUT2D eigenvalue weighted by Crippen LogP contribution is 2.31. The third kappa shape index (κ3) is 4.88. The van der Waals surface area contributed by atoms with E-state index in [-0.39, 0.29) is 11.5 Å². The van der Waals surface area contributed by atoms with Crippen LogP contribution in [0.5, 0.6) is 11.5 Å². The second-order valence-corrected chi connectivity index (χ2v) is 5.35. The molecule has 0 aliphatic carbocycles. The van der Waals surface area contributed by atoms with Crippen molar-refractivity contribution in [2.24, 2.45) is 10.2 Å². The lowest BCUT2D eigenvalue weighted by molar-refractivity contribution is 0.451. The summed E-state index contributed by atoms with van der Waals surface area (Å²) in [7, 11) is 0. The van der Waals surface area contributed by atoms with Gasteiger partial charge in [0.2, 0.25) is 0 Å². The van der Waals surface area contributed by atoms with Crippen molar-refractivity contribution < 1.29 is 10.2 Å². The van der Waals surface area contributed by atoms with E-state index < -0.39 is 0 Å². The molecule has 4 heteroatoms. The van der Waals surface area contributed by atoms with Crippen LogP contribution in [0.1, 0.15) is 38.2 Å². The van der Waals surface area contributed by atoms with Gasteiger partial charge in [-0.05, 0) is 42.7 Å². The van der Waals surface area contributed by atoms with Crippen LogP contribution in [0.2, 0.25) is 0 Å². The predicted molar refractivity (Wildman–Crippen MR) is 88.2 cm³/mol. The Hall–Kier alpha value is -2.36. The van der Waals surface area contributed by atoms with E-state index in [1.54, 1.807) is 0 Å². The van der Waals surface area contributed by atoms with Gasteiger partial charge < -0.3 is 10.2 Å². The molecule has 2 N–H and O–H groups in total. The molecule has 116 valence electrons. The van der Waals surface area contributed by atoms with Gasteiger partial charge in [0.1, 0.15) is 17.2 Å². The number of nitrogens with zero attached hydrogens (tertiary/aromatic N) is 2. The van der Waals surface area contributed by atoms with Crippen molar-refractivity contribution in [3.8, 4) is 11.5 Å². The van der Waals surface area contributed by atoms with E-state index in [9.17, 15) is 10.2 Å².